The van der Waals surface area contributed by atoms with E-state index in [0.29, 0.717) is 34.2 Å². The molecule has 1 N–H and O–H groups in total. The van der Waals surface area contributed by atoms with Crippen LogP contribution in [0.5, 0.6) is 5.75 Å². The fourth-order valence-electron chi connectivity index (χ4n) is 4.43. The Balaban J connectivity index is 1.63. The van der Waals surface area contributed by atoms with Crippen LogP contribution in [-0.4, -0.2) is 56.4 Å². The number of aromatic nitrogens is 4. The van der Waals surface area contributed by atoms with Crippen molar-refractivity contribution in [3.63, 3.8) is 0 Å². The number of benzene rings is 1. The van der Waals surface area contributed by atoms with Crippen LogP contribution in [0.3, 0.4) is 0 Å². The molecule has 3 aromatic rings. The first-order valence-electron chi connectivity index (χ1n) is 11.4. The van der Waals surface area contributed by atoms with Crippen LogP contribution in [0.25, 0.3) is 11.4 Å². The minimum atomic E-state index is -0.423. The molecule has 0 unspecified atom stereocenters. The van der Waals surface area contributed by atoms with Gasteiger partial charge in [-0.1, -0.05) is 11.8 Å². The van der Waals surface area contributed by atoms with Crippen LogP contribution in [0, 0.1) is 13.8 Å². The number of carbonyl (C=O) groups excluding carboxylic acids is 2. The standard InChI is InChI=1S/C25H30N4O4S/c1-14-21(16(3)30)15(2)26-22(14)23(31)17(4)34-25-28-27-24(18-8-10-19(32-5)11-9-18)29(25)13-20-7-6-12-33-20/h8-11,17,20,26H,6-7,12-13H2,1-5H3/t17-,20-/m0/s1. The molecule has 1 aliphatic heterocycles. The van der Waals surface area contributed by atoms with E-state index in [1.807, 2.05) is 49.6 Å². The highest BCUT2D eigenvalue weighted by molar-refractivity contribution is 8.00. The highest BCUT2D eigenvalue weighted by Crippen LogP contribution is 2.31. The van der Waals surface area contributed by atoms with E-state index in [0.717, 1.165) is 36.6 Å². The predicted molar refractivity (Wildman–Crippen MR) is 131 cm³/mol. The van der Waals surface area contributed by atoms with Crippen molar-refractivity contribution < 1.29 is 19.1 Å². The molecule has 0 saturated carbocycles. The van der Waals surface area contributed by atoms with Gasteiger partial charge in [-0.2, -0.15) is 0 Å². The number of nitrogens with one attached hydrogen (secondary N) is 1. The van der Waals surface area contributed by atoms with Crippen LogP contribution in [-0.2, 0) is 11.3 Å². The van der Waals surface area contributed by atoms with Gasteiger partial charge >= 0.3 is 0 Å². The van der Waals surface area contributed by atoms with Gasteiger partial charge in [-0.15, -0.1) is 10.2 Å². The maximum Gasteiger partial charge on any atom is 0.192 e. The molecule has 1 aromatic carbocycles. The van der Waals surface area contributed by atoms with Crippen molar-refractivity contribution in [1.82, 2.24) is 19.7 Å². The Hall–Kier alpha value is -2.91. The number of aromatic amines is 1. The van der Waals surface area contributed by atoms with E-state index in [-0.39, 0.29) is 17.7 Å². The number of H-pyrrole nitrogens is 1. The maximum atomic E-state index is 13.3. The molecule has 2 atom stereocenters. The average molecular weight is 483 g/mol. The average Bonchev–Trinajstić information content (AvgIpc) is 3.54. The number of aryl methyl sites for hydroxylation is 1. The summed E-state index contributed by atoms with van der Waals surface area (Å²) in [6, 6.07) is 7.68. The summed E-state index contributed by atoms with van der Waals surface area (Å²) in [7, 11) is 1.63. The number of rotatable bonds is 9. The lowest BCUT2D eigenvalue weighted by Gasteiger charge is -2.16. The van der Waals surface area contributed by atoms with Crippen molar-refractivity contribution in [2.24, 2.45) is 0 Å². The molecule has 0 radical (unpaired) electrons. The summed E-state index contributed by atoms with van der Waals surface area (Å²) in [5, 5.41) is 9.14. The summed E-state index contributed by atoms with van der Waals surface area (Å²) >= 11 is 1.37. The summed E-state index contributed by atoms with van der Waals surface area (Å²) in [5.74, 6) is 1.37. The van der Waals surface area contributed by atoms with Crippen molar-refractivity contribution in [1.29, 1.82) is 0 Å². The Kier molecular flexibility index (Phi) is 7.23. The summed E-state index contributed by atoms with van der Waals surface area (Å²) in [6.07, 6.45) is 2.10. The normalized spacial score (nSPS) is 16.6. The van der Waals surface area contributed by atoms with E-state index in [1.165, 1.54) is 18.7 Å². The Bertz CT molecular complexity index is 1190. The van der Waals surface area contributed by atoms with Gasteiger partial charge in [-0.05, 0) is 70.4 Å². The van der Waals surface area contributed by atoms with Crippen molar-refractivity contribution in [3.05, 3.63) is 46.8 Å². The number of thioether (sulfide) groups is 1. The Morgan fingerprint density at radius 1 is 1.26 bits per heavy atom. The van der Waals surface area contributed by atoms with Gasteiger partial charge in [-0.3, -0.25) is 14.2 Å². The molecular weight excluding hydrogens is 452 g/mol. The van der Waals surface area contributed by atoms with E-state index in [2.05, 4.69) is 15.2 Å². The van der Waals surface area contributed by atoms with Crippen molar-refractivity contribution in [2.45, 2.75) is 63.6 Å². The van der Waals surface area contributed by atoms with Crippen LogP contribution < -0.4 is 4.74 Å². The molecule has 34 heavy (non-hydrogen) atoms. The van der Waals surface area contributed by atoms with E-state index in [9.17, 15) is 9.59 Å². The second-order valence-corrected chi connectivity index (χ2v) is 9.89. The summed E-state index contributed by atoms with van der Waals surface area (Å²) in [4.78, 5) is 28.4. The lowest BCUT2D eigenvalue weighted by atomic mass is 10.0. The largest absolute Gasteiger partial charge is 0.497 e. The molecule has 8 nitrogen and oxygen atoms in total. The van der Waals surface area contributed by atoms with Crippen LogP contribution in [0.1, 0.15) is 58.8 Å². The fourth-order valence-corrected chi connectivity index (χ4v) is 5.34. The summed E-state index contributed by atoms with van der Waals surface area (Å²) in [6.45, 7) is 8.38. The number of ether oxygens (including phenoxy) is 2. The van der Waals surface area contributed by atoms with Gasteiger partial charge in [0.25, 0.3) is 0 Å². The highest BCUT2D eigenvalue weighted by atomic mass is 32.2. The van der Waals surface area contributed by atoms with Crippen molar-refractivity contribution in [3.8, 4) is 17.1 Å². The van der Waals surface area contributed by atoms with Gasteiger partial charge in [0.05, 0.1) is 30.7 Å². The molecule has 3 heterocycles. The van der Waals surface area contributed by atoms with Crippen molar-refractivity contribution >= 4 is 23.3 Å². The van der Waals surface area contributed by atoms with Gasteiger partial charge in [0, 0.05) is 23.4 Å². The number of hydrogen-bond donors (Lipinski definition) is 1. The van der Waals surface area contributed by atoms with E-state index >= 15 is 0 Å². The lowest BCUT2D eigenvalue weighted by Crippen LogP contribution is -2.19. The number of Topliss-reactive ketones (excluding diaryl/α,β-unsaturated/α-hetero) is 2. The molecule has 2 aromatic heterocycles. The van der Waals surface area contributed by atoms with Gasteiger partial charge < -0.3 is 14.5 Å². The molecule has 0 bridgehead atoms. The van der Waals surface area contributed by atoms with E-state index in [1.54, 1.807) is 7.11 Å². The minimum Gasteiger partial charge on any atom is -0.497 e. The Labute approximate surface area is 203 Å². The van der Waals surface area contributed by atoms with Gasteiger partial charge in [-0.25, -0.2) is 0 Å². The minimum absolute atomic E-state index is 0.0500. The third-order valence-corrected chi connectivity index (χ3v) is 7.24. The zero-order valence-electron chi connectivity index (χ0n) is 20.2. The SMILES string of the molecule is COc1ccc(-c2nnc(S[C@@H](C)C(=O)c3[nH]c(C)c(C(C)=O)c3C)n2C[C@@H]2CCCO2)cc1. The second-order valence-electron chi connectivity index (χ2n) is 8.59. The zero-order valence-corrected chi connectivity index (χ0v) is 21.0. The Morgan fingerprint density at radius 3 is 2.59 bits per heavy atom. The zero-order chi connectivity index (χ0) is 24.4. The number of hydrogen-bond acceptors (Lipinski definition) is 7. The molecule has 1 fully saturated rings. The number of methoxy groups -OCH3 is 1. The molecule has 0 aliphatic carbocycles. The van der Waals surface area contributed by atoms with Crippen molar-refractivity contribution in [2.75, 3.05) is 13.7 Å². The van der Waals surface area contributed by atoms with Crippen LogP contribution >= 0.6 is 11.8 Å². The summed E-state index contributed by atoms with van der Waals surface area (Å²) < 4.78 is 13.2. The van der Waals surface area contributed by atoms with Crippen LogP contribution in [0.2, 0.25) is 0 Å². The molecule has 180 valence electrons. The molecule has 4 rings (SSSR count). The maximum absolute atomic E-state index is 13.3. The van der Waals surface area contributed by atoms with E-state index in [4.69, 9.17) is 9.47 Å². The first kappa shape index (κ1) is 24.2. The lowest BCUT2D eigenvalue weighted by molar-refractivity contribution is 0.0953. The molecule has 1 saturated heterocycles. The van der Waals surface area contributed by atoms with Gasteiger partial charge in [0.2, 0.25) is 0 Å². The second kappa shape index (κ2) is 10.1. The number of carbonyl (C=O) groups is 2. The number of ketones is 2. The smallest absolute Gasteiger partial charge is 0.192 e. The number of nitrogens with zero attached hydrogens (tertiary/aromatic N) is 3. The molecule has 1 aliphatic rings. The molecule has 9 heteroatoms. The molecule has 0 amide bonds. The quantitative estimate of drug-likeness (QED) is 0.350. The third-order valence-electron chi connectivity index (χ3n) is 6.16. The first-order chi connectivity index (χ1) is 16.3. The van der Waals surface area contributed by atoms with Crippen LogP contribution in [0.15, 0.2) is 29.4 Å². The van der Waals surface area contributed by atoms with Crippen LogP contribution in [0.4, 0.5) is 0 Å². The highest BCUT2D eigenvalue weighted by Gasteiger charge is 2.28. The fraction of sp³-hybridized carbons (Fsp3) is 0.440. The third kappa shape index (κ3) is 4.81. The van der Waals surface area contributed by atoms with E-state index < -0.39 is 5.25 Å². The Morgan fingerprint density at radius 2 is 2.00 bits per heavy atom. The van der Waals surface area contributed by atoms with Gasteiger partial charge in [0.1, 0.15) is 5.75 Å². The molecule has 0 spiro atoms. The molecular formula is C25H30N4O4S. The topological polar surface area (TPSA) is 99.1 Å². The summed E-state index contributed by atoms with van der Waals surface area (Å²) in [5.41, 5.74) is 3.39. The monoisotopic (exact) mass is 482 g/mol. The predicted octanol–water partition coefficient (Wildman–Crippen LogP) is 4.64. The first-order valence-corrected chi connectivity index (χ1v) is 12.3. The van der Waals surface area contributed by atoms with Gasteiger partial charge in [0.15, 0.2) is 22.5 Å².